The number of rotatable bonds is 3. The van der Waals surface area contributed by atoms with Gasteiger partial charge in [-0.05, 0) is 25.3 Å². The first kappa shape index (κ1) is 14.4. The summed E-state index contributed by atoms with van der Waals surface area (Å²) < 4.78 is 6.09. The number of aliphatic carboxylic acids is 1. The lowest BCUT2D eigenvalue weighted by atomic mass is 9.99. The van der Waals surface area contributed by atoms with Gasteiger partial charge in [0.05, 0.1) is 5.92 Å². The number of hydrogen-bond acceptors (Lipinski definition) is 3. The van der Waals surface area contributed by atoms with E-state index in [4.69, 9.17) is 4.74 Å². The van der Waals surface area contributed by atoms with Crippen molar-refractivity contribution in [2.45, 2.75) is 39.3 Å². The molecule has 2 unspecified atom stereocenters. The van der Waals surface area contributed by atoms with Crippen molar-refractivity contribution in [3.8, 4) is 5.75 Å². The van der Waals surface area contributed by atoms with E-state index in [-0.39, 0.29) is 17.4 Å². The van der Waals surface area contributed by atoms with E-state index in [1.165, 1.54) is 11.1 Å². The standard InChI is InChI=1S/C17H23NO3/c1-11-8-18(10-14(11)16(19)20)9-13-6-4-5-12-7-17(2,3)21-15(12)13/h4-6,11,14H,7-10H2,1-3H3,(H,19,20). The van der Waals surface area contributed by atoms with Gasteiger partial charge in [-0.25, -0.2) is 0 Å². The molecule has 0 bridgehead atoms. The number of likely N-dealkylation sites (tertiary alicyclic amines) is 1. The smallest absolute Gasteiger partial charge is 0.308 e. The maximum absolute atomic E-state index is 11.2. The molecule has 2 atom stereocenters. The van der Waals surface area contributed by atoms with Crippen LogP contribution in [0, 0.1) is 11.8 Å². The molecule has 3 rings (SSSR count). The molecule has 2 aliphatic rings. The van der Waals surface area contributed by atoms with Crippen LogP contribution in [-0.2, 0) is 17.8 Å². The number of nitrogens with zero attached hydrogens (tertiary/aromatic N) is 1. The Morgan fingerprint density at radius 3 is 2.86 bits per heavy atom. The van der Waals surface area contributed by atoms with Crippen LogP contribution in [0.25, 0.3) is 0 Å². The van der Waals surface area contributed by atoms with E-state index in [0.717, 1.165) is 25.3 Å². The first-order chi connectivity index (χ1) is 9.85. The minimum Gasteiger partial charge on any atom is -0.487 e. The lowest BCUT2D eigenvalue weighted by Crippen LogP contribution is -2.25. The van der Waals surface area contributed by atoms with E-state index in [0.29, 0.717) is 6.54 Å². The maximum atomic E-state index is 11.2. The molecule has 0 aliphatic carbocycles. The highest BCUT2D eigenvalue weighted by molar-refractivity contribution is 5.71. The SMILES string of the molecule is CC1CN(Cc2cccc3c2OC(C)(C)C3)CC1C(=O)O. The second-order valence-corrected chi connectivity index (χ2v) is 7.06. The van der Waals surface area contributed by atoms with E-state index >= 15 is 0 Å². The largest absolute Gasteiger partial charge is 0.487 e. The summed E-state index contributed by atoms with van der Waals surface area (Å²) in [6, 6.07) is 6.30. The van der Waals surface area contributed by atoms with Crippen LogP contribution in [0.2, 0.25) is 0 Å². The van der Waals surface area contributed by atoms with Gasteiger partial charge in [-0.2, -0.15) is 0 Å². The van der Waals surface area contributed by atoms with E-state index < -0.39 is 5.97 Å². The van der Waals surface area contributed by atoms with Crippen LogP contribution in [0.3, 0.4) is 0 Å². The first-order valence-corrected chi connectivity index (χ1v) is 7.61. The Morgan fingerprint density at radius 1 is 1.43 bits per heavy atom. The highest BCUT2D eigenvalue weighted by Crippen LogP contribution is 2.38. The van der Waals surface area contributed by atoms with Gasteiger partial charge in [0.2, 0.25) is 0 Å². The van der Waals surface area contributed by atoms with Gasteiger partial charge in [0, 0.05) is 31.6 Å². The fourth-order valence-electron chi connectivity index (χ4n) is 3.56. The van der Waals surface area contributed by atoms with Crippen molar-refractivity contribution in [3.05, 3.63) is 29.3 Å². The molecule has 0 saturated carbocycles. The van der Waals surface area contributed by atoms with Crippen LogP contribution >= 0.6 is 0 Å². The van der Waals surface area contributed by atoms with E-state index in [2.05, 4.69) is 36.9 Å². The van der Waals surface area contributed by atoms with E-state index in [9.17, 15) is 9.90 Å². The fraction of sp³-hybridized carbons (Fsp3) is 0.588. The third-order valence-corrected chi connectivity index (χ3v) is 4.57. The molecule has 1 aromatic carbocycles. The van der Waals surface area contributed by atoms with Crippen molar-refractivity contribution in [1.82, 2.24) is 4.90 Å². The second kappa shape index (κ2) is 5.02. The molecule has 21 heavy (non-hydrogen) atoms. The molecular formula is C17H23NO3. The number of para-hydroxylation sites is 1. The summed E-state index contributed by atoms with van der Waals surface area (Å²) in [6.07, 6.45) is 0.935. The monoisotopic (exact) mass is 289 g/mol. The summed E-state index contributed by atoms with van der Waals surface area (Å²) in [5, 5.41) is 9.24. The van der Waals surface area contributed by atoms with Crippen molar-refractivity contribution in [2.75, 3.05) is 13.1 Å². The normalized spacial score (nSPS) is 27.4. The Bertz CT molecular complexity index is 567. The lowest BCUT2D eigenvalue weighted by Gasteiger charge is -2.20. The second-order valence-electron chi connectivity index (χ2n) is 7.06. The van der Waals surface area contributed by atoms with Crippen LogP contribution in [0.5, 0.6) is 5.75 Å². The molecule has 4 nitrogen and oxygen atoms in total. The third-order valence-electron chi connectivity index (χ3n) is 4.57. The number of fused-ring (bicyclic) bond motifs is 1. The summed E-state index contributed by atoms with van der Waals surface area (Å²) >= 11 is 0. The molecule has 1 fully saturated rings. The van der Waals surface area contributed by atoms with Crippen LogP contribution < -0.4 is 4.74 Å². The minimum absolute atomic E-state index is 0.139. The summed E-state index contributed by atoms with van der Waals surface area (Å²) in [5.74, 6) is 0.283. The Hall–Kier alpha value is -1.55. The number of hydrogen-bond donors (Lipinski definition) is 1. The van der Waals surface area contributed by atoms with Gasteiger partial charge in [0.15, 0.2) is 0 Å². The van der Waals surface area contributed by atoms with Crippen molar-refractivity contribution in [1.29, 1.82) is 0 Å². The number of carboxylic acid groups (broad SMARTS) is 1. The molecule has 2 heterocycles. The van der Waals surface area contributed by atoms with Gasteiger partial charge in [0.25, 0.3) is 0 Å². The summed E-state index contributed by atoms with van der Waals surface area (Å²) in [7, 11) is 0. The Labute approximate surface area is 125 Å². The number of carboxylic acids is 1. The van der Waals surface area contributed by atoms with Gasteiger partial charge in [-0.15, -0.1) is 0 Å². The molecule has 0 aromatic heterocycles. The van der Waals surface area contributed by atoms with Gasteiger partial charge in [0.1, 0.15) is 11.4 Å². The van der Waals surface area contributed by atoms with Gasteiger partial charge in [-0.3, -0.25) is 9.69 Å². The first-order valence-electron chi connectivity index (χ1n) is 7.61. The van der Waals surface area contributed by atoms with Gasteiger partial charge in [-0.1, -0.05) is 25.1 Å². The summed E-state index contributed by atoms with van der Waals surface area (Å²) in [4.78, 5) is 13.5. The zero-order chi connectivity index (χ0) is 15.2. The fourth-order valence-corrected chi connectivity index (χ4v) is 3.56. The lowest BCUT2D eigenvalue weighted by molar-refractivity contribution is -0.142. The Balaban J connectivity index is 1.76. The number of ether oxygens (including phenoxy) is 1. The molecular weight excluding hydrogens is 266 g/mol. The van der Waals surface area contributed by atoms with Crippen LogP contribution in [0.15, 0.2) is 18.2 Å². The van der Waals surface area contributed by atoms with Crippen molar-refractivity contribution < 1.29 is 14.6 Å². The molecule has 0 spiro atoms. The molecule has 1 aromatic rings. The predicted octanol–water partition coefficient (Wildman–Crippen LogP) is 2.55. The predicted molar refractivity (Wildman–Crippen MR) is 80.4 cm³/mol. The van der Waals surface area contributed by atoms with Gasteiger partial charge < -0.3 is 9.84 Å². The van der Waals surface area contributed by atoms with Crippen LogP contribution in [0.4, 0.5) is 0 Å². The Kier molecular flexibility index (Phi) is 3.44. The molecule has 114 valence electrons. The number of carbonyl (C=O) groups is 1. The van der Waals surface area contributed by atoms with E-state index in [1.54, 1.807) is 0 Å². The number of benzene rings is 1. The van der Waals surface area contributed by atoms with Crippen molar-refractivity contribution in [2.24, 2.45) is 11.8 Å². The molecule has 4 heteroatoms. The molecule has 0 radical (unpaired) electrons. The highest BCUT2D eigenvalue weighted by atomic mass is 16.5. The molecule has 1 N–H and O–H groups in total. The zero-order valence-electron chi connectivity index (χ0n) is 12.9. The topological polar surface area (TPSA) is 49.8 Å². The van der Waals surface area contributed by atoms with Crippen LogP contribution in [-0.4, -0.2) is 34.7 Å². The average molecular weight is 289 g/mol. The highest BCUT2D eigenvalue weighted by Gasteiger charge is 2.36. The average Bonchev–Trinajstić information content (AvgIpc) is 2.88. The summed E-state index contributed by atoms with van der Waals surface area (Å²) in [5.41, 5.74) is 2.30. The summed E-state index contributed by atoms with van der Waals surface area (Å²) in [6.45, 7) is 8.47. The quantitative estimate of drug-likeness (QED) is 0.929. The maximum Gasteiger partial charge on any atom is 0.308 e. The molecule has 1 saturated heterocycles. The third kappa shape index (κ3) is 2.77. The van der Waals surface area contributed by atoms with Crippen molar-refractivity contribution >= 4 is 5.97 Å². The molecule has 0 amide bonds. The zero-order valence-corrected chi connectivity index (χ0v) is 12.9. The van der Waals surface area contributed by atoms with Crippen LogP contribution in [0.1, 0.15) is 31.9 Å². The molecule has 2 aliphatic heterocycles. The van der Waals surface area contributed by atoms with E-state index in [1.807, 2.05) is 6.92 Å². The van der Waals surface area contributed by atoms with Gasteiger partial charge >= 0.3 is 5.97 Å². The minimum atomic E-state index is -0.680. The van der Waals surface area contributed by atoms with Crippen molar-refractivity contribution in [3.63, 3.8) is 0 Å². The Morgan fingerprint density at radius 2 is 2.19 bits per heavy atom.